The number of rotatable bonds is 3. The van der Waals surface area contributed by atoms with E-state index in [9.17, 15) is 0 Å². The maximum Gasteiger partial charge on any atom is 0.0642 e. The Hall–Kier alpha value is -1.22. The van der Waals surface area contributed by atoms with Crippen molar-refractivity contribution in [2.24, 2.45) is 5.92 Å². The van der Waals surface area contributed by atoms with Crippen LogP contribution in [-0.2, 0) is 4.74 Å². The quantitative estimate of drug-likeness (QED) is 0.913. The second kappa shape index (κ2) is 6.49. The molecule has 110 valence electrons. The highest BCUT2D eigenvalue weighted by atomic mass is 16.5. The van der Waals surface area contributed by atoms with Crippen LogP contribution in [0.25, 0.3) is 0 Å². The van der Waals surface area contributed by atoms with Gasteiger partial charge in [-0.3, -0.25) is 0 Å². The van der Waals surface area contributed by atoms with E-state index in [2.05, 4.69) is 41.4 Å². The van der Waals surface area contributed by atoms with Gasteiger partial charge in [0.15, 0.2) is 0 Å². The summed E-state index contributed by atoms with van der Waals surface area (Å²) in [6, 6.07) is 9.58. The van der Waals surface area contributed by atoms with Crippen molar-refractivity contribution in [1.82, 2.24) is 0 Å². The first-order chi connectivity index (χ1) is 9.83. The Morgan fingerprint density at radius 2 is 1.75 bits per heavy atom. The van der Waals surface area contributed by atoms with E-state index in [4.69, 9.17) is 4.74 Å². The van der Waals surface area contributed by atoms with Crippen LogP contribution in [0, 0.1) is 5.92 Å². The van der Waals surface area contributed by atoms with Gasteiger partial charge >= 0.3 is 0 Å². The highest BCUT2D eigenvalue weighted by Crippen LogP contribution is 2.27. The predicted octanol–water partition coefficient (Wildman–Crippen LogP) is 3.51. The zero-order valence-corrected chi connectivity index (χ0v) is 12.5. The standard InChI is InChI=1S/C17H26N2O/c1-14-4-2-3-5-17(14)18-15-6-8-16(9-7-15)19-10-12-20-13-11-19/h6-9,14,17-18H,2-5,10-13H2,1H3. The lowest BCUT2D eigenvalue weighted by Crippen LogP contribution is -2.36. The second-order valence-electron chi connectivity index (χ2n) is 6.16. The molecule has 2 unspecified atom stereocenters. The fraction of sp³-hybridized carbons (Fsp3) is 0.647. The molecule has 1 saturated carbocycles. The van der Waals surface area contributed by atoms with Crippen molar-refractivity contribution >= 4 is 11.4 Å². The molecule has 0 bridgehead atoms. The maximum absolute atomic E-state index is 5.40. The van der Waals surface area contributed by atoms with Crippen LogP contribution in [0.1, 0.15) is 32.6 Å². The summed E-state index contributed by atoms with van der Waals surface area (Å²) in [7, 11) is 0. The zero-order chi connectivity index (χ0) is 13.8. The molecule has 1 N–H and O–H groups in total. The highest BCUT2D eigenvalue weighted by Gasteiger charge is 2.20. The van der Waals surface area contributed by atoms with Gasteiger partial charge in [0.2, 0.25) is 0 Å². The molecule has 2 fully saturated rings. The summed E-state index contributed by atoms with van der Waals surface area (Å²) in [6.07, 6.45) is 5.44. The molecule has 1 aromatic rings. The van der Waals surface area contributed by atoms with Crippen molar-refractivity contribution in [1.29, 1.82) is 0 Å². The summed E-state index contributed by atoms with van der Waals surface area (Å²) in [5, 5.41) is 3.72. The number of ether oxygens (including phenoxy) is 1. The van der Waals surface area contributed by atoms with Crippen LogP contribution in [0.5, 0.6) is 0 Å². The van der Waals surface area contributed by atoms with E-state index in [0.29, 0.717) is 6.04 Å². The van der Waals surface area contributed by atoms with Crippen LogP contribution >= 0.6 is 0 Å². The van der Waals surface area contributed by atoms with Gasteiger partial charge in [0.25, 0.3) is 0 Å². The Kier molecular flexibility index (Phi) is 4.46. The third-order valence-electron chi connectivity index (χ3n) is 4.71. The Morgan fingerprint density at radius 1 is 1.05 bits per heavy atom. The molecule has 3 nitrogen and oxygen atoms in total. The summed E-state index contributed by atoms with van der Waals surface area (Å²) in [5.41, 5.74) is 2.58. The third kappa shape index (κ3) is 3.26. The van der Waals surface area contributed by atoms with Gasteiger partial charge in [-0.2, -0.15) is 0 Å². The van der Waals surface area contributed by atoms with Gasteiger partial charge < -0.3 is 15.0 Å². The Balaban J connectivity index is 1.60. The Morgan fingerprint density at radius 3 is 2.45 bits per heavy atom. The number of morpholine rings is 1. The van der Waals surface area contributed by atoms with Crippen molar-refractivity contribution < 1.29 is 4.74 Å². The van der Waals surface area contributed by atoms with E-state index in [-0.39, 0.29) is 0 Å². The minimum atomic E-state index is 0.651. The molecular weight excluding hydrogens is 248 g/mol. The van der Waals surface area contributed by atoms with Crippen molar-refractivity contribution in [3.8, 4) is 0 Å². The second-order valence-corrected chi connectivity index (χ2v) is 6.16. The maximum atomic E-state index is 5.40. The molecule has 0 radical (unpaired) electrons. The molecule has 1 heterocycles. The van der Waals surface area contributed by atoms with Gasteiger partial charge in [-0.15, -0.1) is 0 Å². The molecule has 1 saturated heterocycles. The van der Waals surface area contributed by atoms with Crippen LogP contribution < -0.4 is 10.2 Å². The molecule has 1 aromatic carbocycles. The van der Waals surface area contributed by atoms with Crippen molar-refractivity contribution in [2.45, 2.75) is 38.6 Å². The monoisotopic (exact) mass is 274 g/mol. The summed E-state index contributed by atoms with van der Waals surface area (Å²) in [4.78, 5) is 2.40. The molecule has 20 heavy (non-hydrogen) atoms. The summed E-state index contributed by atoms with van der Waals surface area (Å²) in [5.74, 6) is 0.794. The molecule has 0 aromatic heterocycles. The number of benzene rings is 1. The summed E-state index contributed by atoms with van der Waals surface area (Å²) >= 11 is 0. The first-order valence-electron chi connectivity index (χ1n) is 8.02. The molecule has 2 atom stereocenters. The van der Waals surface area contributed by atoms with E-state index >= 15 is 0 Å². The smallest absolute Gasteiger partial charge is 0.0642 e. The minimum absolute atomic E-state index is 0.651. The first kappa shape index (κ1) is 13.7. The minimum Gasteiger partial charge on any atom is -0.382 e. The van der Waals surface area contributed by atoms with E-state index < -0.39 is 0 Å². The molecule has 3 heteroatoms. The van der Waals surface area contributed by atoms with Crippen LogP contribution in [0.15, 0.2) is 24.3 Å². The van der Waals surface area contributed by atoms with E-state index in [1.807, 2.05) is 0 Å². The zero-order valence-electron chi connectivity index (χ0n) is 12.5. The largest absolute Gasteiger partial charge is 0.382 e. The summed E-state index contributed by atoms with van der Waals surface area (Å²) in [6.45, 7) is 6.08. The molecule has 1 aliphatic heterocycles. The van der Waals surface area contributed by atoms with E-state index in [1.165, 1.54) is 37.1 Å². The van der Waals surface area contributed by atoms with Crippen molar-refractivity contribution in [3.63, 3.8) is 0 Å². The Labute approximate surface area is 122 Å². The van der Waals surface area contributed by atoms with Gasteiger partial charge in [-0.25, -0.2) is 0 Å². The predicted molar refractivity (Wildman–Crippen MR) is 84.5 cm³/mol. The SMILES string of the molecule is CC1CCCCC1Nc1ccc(N2CCOCC2)cc1. The van der Waals surface area contributed by atoms with Crippen molar-refractivity contribution in [2.75, 3.05) is 36.5 Å². The van der Waals surface area contributed by atoms with Crippen LogP contribution in [0.2, 0.25) is 0 Å². The third-order valence-corrected chi connectivity index (χ3v) is 4.71. The van der Waals surface area contributed by atoms with Gasteiger partial charge in [0.05, 0.1) is 13.2 Å². The van der Waals surface area contributed by atoms with E-state index in [0.717, 1.165) is 32.2 Å². The number of hydrogen-bond donors (Lipinski definition) is 1. The van der Waals surface area contributed by atoms with Gasteiger partial charge in [-0.05, 0) is 43.0 Å². The Bertz CT molecular complexity index is 412. The molecule has 0 spiro atoms. The highest BCUT2D eigenvalue weighted by molar-refractivity contribution is 5.55. The lowest BCUT2D eigenvalue weighted by Gasteiger charge is -2.31. The number of hydrogen-bond acceptors (Lipinski definition) is 3. The van der Waals surface area contributed by atoms with E-state index in [1.54, 1.807) is 0 Å². The fourth-order valence-corrected chi connectivity index (χ4v) is 3.33. The average Bonchev–Trinajstić information content (AvgIpc) is 2.51. The average molecular weight is 274 g/mol. The number of nitrogens with zero attached hydrogens (tertiary/aromatic N) is 1. The normalized spacial score (nSPS) is 27.4. The lowest BCUT2D eigenvalue weighted by molar-refractivity contribution is 0.122. The number of anilines is 2. The van der Waals surface area contributed by atoms with Crippen molar-refractivity contribution in [3.05, 3.63) is 24.3 Å². The molecule has 1 aliphatic carbocycles. The fourth-order valence-electron chi connectivity index (χ4n) is 3.33. The molecular formula is C17H26N2O. The molecule has 2 aliphatic rings. The molecule has 0 amide bonds. The lowest BCUT2D eigenvalue weighted by atomic mass is 9.86. The van der Waals surface area contributed by atoms with Crippen LogP contribution in [-0.4, -0.2) is 32.3 Å². The topological polar surface area (TPSA) is 24.5 Å². The van der Waals surface area contributed by atoms with Gasteiger partial charge in [-0.1, -0.05) is 19.8 Å². The van der Waals surface area contributed by atoms with Gasteiger partial charge in [0.1, 0.15) is 0 Å². The van der Waals surface area contributed by atoms with Crippen LogP contribution in [0.3, 0.4) is 0 Å². The van der Waals surface area contributed by atoms with Crippen LogP contribution in [0.4, 0.5) is 11.4 Å². The number of nitrogens with one attached hydrogen (secondary N) is 1. The summed E-state index contributed by atoms with van der Waals surface area (Å²) < 4.78 is 5.40. The van der Waals surface area contributed by atoms with Gasteiger partial charge in [0, 0.05) is 30.5 Å². The first-order valence-corrected chi connectivity index (χ1v) is 8.02. The molecule has 3 rings (SSSR count).